The first kappa shape index (κ1) is 42.3. The normalized spacial score (nSPS) is 19.1. The van der Waals surface area contributed by atoms with Crippen molar-refractivity contribution in [2.24, 2.45) is 0 Å². The van der Waals surface area contributed by atoms with Crippen molar-refractivity contribution in [2.75, 3.05) is 26.2 Å². The first-order chi connectivity index (χ1) is 23.6. The summed E-state index contributed by atoms with van der Waals surface area (Å²) < 4.78 is 102. The van der Waals surface area contributed by atoms with Gasteiger partial charge in [-0.3, -0.25) is 19.7 Å². The van der Waals surface area contributed by atoms with Gasteiger partial charge in [0.2, 0.25) is 0 Å². The summed E-state index contributed by atoms with van der Waals surface area (Å²) in [6.45, 7) is 3.89. The number of nitrogens with zero attached hydrogens (tertiary/aromatic N) is 4. The van der Waals surface area contributed by atoms with Gasteiger partial charge < -0.3 is 25.0 Å². The number of hydrogen-bond donors (Lipinski definition) is 3. The highest BCUT2D eigenvalue weighted by Gasteiger charge is 2.57. The fourth-order valence-corrected chi connectivity index (χ4v) is 5.35. The molecule has 0 aliphatic carbocycles. The second-order valence-corrected chi connectivity index (χ2v) is 11.4. The Kier molecular flexibility index (Phi) is 14.9. The fraction of sp³-hybridized carbons (Fsp3) is 0.379. The van der Waals surface area contributed by atoms with Crippen LogP contribution in [0.4, 0.5) is 39.5 Å². The van der Waals surface area contributed by atoms with Crippen molar-refractivity contribution in [1.82, 2.24) is 19.8 Å². The molecule has 5 rings (SSSR count). The highest BCUT2D eigenvalue weighted by molar-refractivity contribution is 7.09. The van der Waals surface area contributed by atoms with Crippen molar-refractivity contribution in [2.45, 2.75) is 43.1 Å². The van der Waals surface area contributed by atoms with Crippen molar-refractivity contribution >= 4 is 35.2 Å². The van der Waals surface area contributed by atoms with Gasteiger partial charge in [0.05, 0.1) is 6.61 Å². The van der Waals surface area contributed by atoms with Crippen LogP contribution in [0.15, 0.2) is 66.6 Å². The van der Waals surface area contributed by atoms with E-state index in [1.807, 2.05) is 35.5 Å². The molecule has 0 aromatic carbocycles. The Bertz CT molecular complexity index is 1520. The number of ether oxygens (including phenoxy) is 1. The molecule has 0 bridgehead atoms. The van der Waals surface area contributed by atoms with Crippen LogP contribution >= 0.6 is 11.3 Å². The number of alkyl halides is 9. The number of carboxylic acids is 3. The maximum atomic E-state index is 13.8. The maximum Gasteiger partial charge on any atom is 0.490 e. The highest BCUT2D eigenvalue weighted by atomic mass is 32.1. The summed E-state index contributed by atoms with van der Waals surface area (Å²) in [5, 5.41) is 23.5. The van der Waals surface area contributed by atoms with Gasteiger partial charge in [-0.1, -0.05) is 18.2 Å². The Hall–Kier alpha value is -4.83. The molecule has 2 aliphatic rings. The summed E-state index contributed by atoms with van der Waals surface area (Å²) in [6, 6.07) is 12.1. The van der Waals surface area contributed by atoms with Crippen LogP contribution in [0.1, 0.15) is 21.9 Å². The molecule has 3 N–H and O–H groups in total. The van der Waals surface area contributed by atoms with Crippen LogP contribution in [0.3, 0.4) is 0 Å². The van der Waals surface area contributed by atoms with Crippen molar-refractivity contribution < 1.29 is 78.7 Å². The van der Waals surface area contributed by atoms with Gasteiger partial charge in [-0.15, -0.1) is 11.3 Å². The van der Waals surface area contributed by atoms with Gasteiger partial charge in [-0.25, -0.2) is 14.4 Å². The van der Waals surface area contributed by atoms with E-state index in [0.29, 0.717) is 26.2 Å². The third-order valence-corrected chi connectivity index (χ3v) is 7.56. The monoisotopic (exact) mass is 762 g/mol. The molecule has 3 aromatic rings. The van der Waals surface area contributed by atoms with Crippen LogP contribution < -0.4 is 0 Å². The van der Waals surface area contributed by atoms with E-state index in [1.54, 1.807) is 23.7 Å². The van der Waals surface area contributed by atoms with Crippen molar-refractivity contribution in [3.05, 3.63) is 82.6 Å². The lowest BCUT2D eigenvalue weighted by Crippen LogP contribution is -2.59. The number of amides is 1. The van der Waals surface area contributed by atoms with E-state index in [-0.39, 0.29) is 11.8 Å². The molecule has 2 aliphatic heterocycles. The Morgan fingerprint density at radius 3 is 1.78 bits per heavy atom. The number of hydrogen-bond acceptors (Lipinski definition) is 9. The van der Waals surface area contributed by atoms with Gasteiger partial charge in [0.15, 0.2) is 5.60 Å². The van der Waals surface area contributed by atoms with E-state index in [1.165, 1.54) is 4.88 Å². The molecule has 3 aromatic heterocycles. The van der Waals surface area contributed by atoms with E-state index in [4.69, 9.17) is 34.4 Å². The molecule has 2 saturated heterocycles. The number of carboxylic acid groups (broad SMARTS) is 3. The number of thiophene rings is 1. The van der Waals surface area contributed by atoms with Crippen molar-refractivity contribution in [1.29, 1.82) is 0 Å². The van der Waals surface area contributed by atoms with Gasteiger partial charge in [0.25, 0.3) is 5.91 Å². The lowest BCUT2D eigenvalue weighted by molar-refractivity contribution is -0.193. The Labute approximate surface area is 285 Å². The largest absolute Gasteiger partial charge is 0.490 e. The first-order valence-corrected chi connectivity index (χ1v) is 14.8. The molecule has 0 saturated carbocycles. The third kappa shape index (κ3) is 13.1. The summed E-state index contributed by atoms with van der Waals surface area (Å²) in [5.74, 6) is -8.25. The standard InChI is InChI=1S/C23H24N4O2S.3C2HF3O2/c28-22-23(29-10-9-27(22)14-18-4-1-7-24-12-18)17-26(15-20-6-3-11-30-20)16-21(23)19-5-2-8-25-13-19;3*3-2(4,5)1(6)7/h1-8,11-13,21H,9-10,14-17H2;3*(H,6,7). The summed E-state index contributed by atoms with van der Waals surface area (Å²) in [7, 11) is 0. The fourth-order valence-electron chi connectivity index (χ4n) is 4.61. The molecule has 1 amide bonds. The highest BCUT2D eigenvalue weighted by Crippen LogP contribution is 2.42. The zero-order valence-corrected chi connectivity index (χ0v) is 26.5. The van der Waals surface area contributed by atoms with Crippen LogP contribution in [0.5, 0.6) is 0 Å². The van der Waals surface area contributed by atoms with Crippen molar-refractivity contribution in [3.63, 3.8) is 0 Å². The third-order valence-electron chi connectivity index (χ3n) is 6.70. The number of aromatic nitrogens is 2. The van der Waals surface area contributed by atoms with Crippen LogP contribution in [0.25, 0.3) is 0 Å². The van der Waals surface area contributed by atoms with E-state index in [9.17, 15) is 44.3 Å². The molecule has 2 unspecified atom stereocenters. The molecule has 5 heterocycles. The Balaban J connectivity index is 0.000000352. The average Bonchev–Trinajstić information content (AvgIpc) is 3.68. The number of carbonyl (C=O) groups is 4. The summed E-state index contributed by atoms with van der Waals surface area (Å²) in [4.78, 5) is 54.6. The van der Waals surface area contributed by atoms with E-state index in [0.717, 1.165) is 24.2 Å². The van der Waals surface area contributed by atoms with Gasteiger partial charge >= 0.3 is 36.4 Å². The molecule has 12 nitrogen and oxygen atoms in total. The lowest BCUT2D eigenvalue weighted by atomic mass is 9.83. The molecule has 1 spiro atoms. The van der Waals surface area contributed by atoms with Gasteiger partial charge in [-0.05, 0) is 34.7 Å². The average molecular weight is 763 g/mol. The smallest absolute Gasteiger partial charge is 0.475 e. The molecular weight excluding hydrogens is 735 g/mol. The maximum absolute atomic E-state index is 13.8. The molecule has 0 radical (unpaired) electrons. The predicted octanol–water partition coefficient (Wildman–Crippen LogP) is 4.84. The number of carbonyl (C=O) groups excluding carboxylic acids is 1. The van der Waals surface area contributed by atoms with E-state index < -0.39 is 42.0 Å². The molecule has 51 heavy (non-hydrogen) atoms. The second kappa shape index (κ2) is 17.9. The summed E-state index contributed by atoms with van der Waals surface area (Å²) in [5.41, 5.74) is 1.22. The number of likely N-dealkylation sites (tertiary alicyclic amines) is 1. The van der Waals surface area contributed by atoms with Crippen molar-refractivity contribution in [3.8, 4) is 0 Å². The zero-order chi connectivity index (χ0) is 38.6. The molecule has 2 atom stereocenters. The minimum atomic E-state index is -5.08. The van der Waals surface area contributed by atoms with Gasteiger partial charge in [0.1, 0.15) is 0 Å². The molecule has 2 fully saturated rings. The van der Waals surface area contributed by atoms with Crippen LogP contribution in [-0.4, -0.2) is 109 Å². The molecule has 280 valence electrons. The number of aliphatic carboxylic acids is 3. The van der Waals surface area contributed by atoms with Gasteiger partial charge in [0, 0.05) is 68.3 Å². The molecular formula is C29H27F9N4O8S. The minimum Gasteiger partial charge on any atom is -0.475 e. The minimum absolute atomic E-state index is 0.0460. The summed E-state index contributed by atoms with van der Waals surface area (Å²) >= 11 is 1.75. The van der Waals surface area contributed by atoms with Crippen LogP contribution in [-0.2, 0) is 37.0 Å². The van der Waals surface area contributed by atoms with Crippen LogP contribution in [0, 0.1) is 0 Å². The number of halogens is 9. The quantitative estimate of drug-likeness (QED) is 0.304. The molecule has 22 heteroatoms. The second-order valence-electron chi connectivity index (χ2n) is 10.3. The zero-order valence-electron chi connectivity index (χ0n) is 25.7. The number of rotatable bonds is 5. The van der Waals surface area contributed by atoms with Gasteiger partial charge in [-0.2, -0.15) is 39.5 Å². The lowest BCUT2D eigenvalue weighted by Gasteiger charge is -2.42. The Morgan fingerprint density at radius 2 is 1.35 bits per heavy atom. The predicted molar refractivity (Wildman–Crippen MR) is 156 cm³/mol. The van der Waals surface area contributed by atoms with Crippen LogP contribution in [0.2, 0.25) is 0 Å². The topological polar surface area (TPSA) is 170 Å². The number of pyridine rings is 2. The van der Waals surface area contributed by atoms with E-state index >= 15 is 0 Å². The Morgan fingerprint density at radius 1 is 0.824 bits per heavy atom. The first-order valence-electron chi connectivity index (χ1n) is 13.9. The summed E-state index contributed by atoms with van der Waals surface area (Å²) in [6.07, 6.45) is -8.03. The SMILES string of the molecule is O=C(O)C(F)(F)F.O=C(O)C(F)(F)F.O=C(O)C(F)(F)F.O=C1N(Cc2cccnc2)CCOC12CN(Cc1cccs1)CC2c1cccnc1. The van der Waals surface area contributed by atoms with E-state index in [2.05, 4.69) is 38.4 Å². The number of morpholine rings is 1.